The predicted molar refractivity (Wildman–Crippen MR) is 102 cm³/mol. The molecule has 7 nitrogen and oxygen atoms in total. The van der Waals surface area contributed by atoms with E-state index >= 15 is 0 Å². The van der Waals surface area contributed by atoms with E-state index in [2.05, 4.69) is 32.1 Å². The second kappa shape index (κ2) is 8.81. The van der Waals surface area contributed by atoms with Crippen molar-refractivity contribution in [1.82, 2.24) is 25.0 Å². The first-order valence-electron chi connectivity index (χ1n) is 8.91. The first kappa shape index (κ1) is 18.4. The number of nitrogens with one attached hydrogen (secondary N) is 1. The molecule has 0 unspecified atom stereocenters. The lowest BCUT2D eigenvalue weighted by atomic mass is 10.2. The highest BCUT2D eigenvalue weighted by molar-refractivity contribution is 5.53. The lowest BCUT2D eigenvalue weighted by molar-refractivity contribution is 0.0384. The Bertz CT molecular complexity index is 798. The molecular formula is C19H26N6O. The minimum Gasteiger partial charge on any atom is -0.396 e. The lowest BCUT2D eigenvalue weighted by Crippen LogP contribution is -2.40. The first-order chi connectivity index (χ1) is 12.6. The van der Waals surface area contributed by atoms with Gasteiger partial charge < -0.3 is 15.8 Å². The number of aromatic nitrogens is 3. The number of morpholine rings is 1. The highest BCUT2D eigenvalue weighted by atomic mass is 16.5. The van der Waals surface area contributed by atoms with Crippen molar-refractivity contribution in [3.63, 3.8) is 0 Å². The molecule has 1 aliphatic rings. The van der Waals surface area contributed by atoms with E-state index in [1.165, 1.54) is 0 Å². The first-order valence-corrected chi connectivity index (χ1v) is 8.91. The van der Waals surface area contributed by atoms with E-state index in [-0.39, 0.29) is 0 Å². The fraction of sp³-hybridized carbons (Fsp3) is 0.474. The van der Waals surface area contributed by atoms with Crippen molar-refractivity contribution in [3.8, 4) is 11.8 Å². The van der Waals surface area contributed by atoms with Crippen LogP contribution in [0.5, 0.6) is 0 Å². The molecule has 0 radical (unpaired) electrons. The molecule has 0 saturated carbocycles. The zero-order chi connectivity index (χ0) is 18.4. The van der Waals surface area contributed by atoms with Crippen LogP contribution >= 0.6 is 0 Å². The number of anilines is 1. The number of rotatable bonds is 5. The summed E-state index contributed by atoms with van der Waals surface area (Å²) in [5.41, 5.74) is 9.85. The summed E-state index contributed by atoms with van der Waals surface area (Å²) < 4.78 is 7.15. The number of nitrogen functional groups attached to an aromatic ring is 1. The molecule has 1 saturated heterocycles. The van der Waals surface area contributed by atoms with Crippen LogP contribution in [-0.2, 0) is 18.3 Å². The molecule has 3 heterocycles. The maximum absolute atomic E-state index is 5.93. The Morgan fingerprint density at radius 2 is 2.08 bits per heavy atom. The molecule has 138 valence electrons. The van der Waals surface area contributed by atoms with E-state index in [1.54, 1.807) is 4.68 Å². The van der Waals surface area contributed by atoms with Crippen LogP contribution in [0.1, 0.15) is 22.8 Å². The Labute approximate surface area is 154 Å². The number of nitrogens with two attached hydrogens (primary N) is 1. The third kappa shape index (κ3) is 5.05. The highest BCUT2D eigenvalue weighted by Gasteiger charge is 2.09. The fourth-order valence-electron chi connectivity index (χ4n) is 2.80. The quantitative estimate of drug-likeness (QED) is 0.602. The van der Waals surface area contributed by atoms with Gasteiger partial charge in [0.25, 0.3) is 0 Å². The summed E-state index contributed by atoms with van der Waals surface area (Å²) in [6.45, 7) is 8.32. The molecule has 3 N–H and O–H groups in total. The van der Waals surface area contributed by atoms with Gasteiger partial charge in [-0.3, -0.25) is 9.58 Å². The second-order valence-corrected chi connectivity index (χ2v) is 6.42. The van der Waals surface area contributed by atoms with Gasteiger partial charge in [0.15, 0.2) is 0 Å². The molecule has 0 aliphatic carbocycles. The molecule has 0 aromatic carbocycles. The van der Waals surface area contributed by atoms with Gasteiger partial charge in [-0.15, -0.1) is 0 Å². The van der Waals surface area contributed by atoms with Crippen LogP contribution in [0.4, 0.5) is 5.69 Å². The topological polar surface area (TPSA) is 81.2 Å². The van der Waals surface area contributed by atoms with Gasteiger partial charge in [-0.05, 0) is 37.0 Å². The van der Waals surface area contributed by atoms with E-state index in [0.717, 1.165) is 63.0 Å². The second-order valence-electron chi connectivity index (χ2n) is 6.42. The lowest BCUT2D eigenvalue weighted by Gasteiger charge is -2.26. The van der Waals surface area contributed by atoms with Gasteiger partial charge in [0.1, 0.15) is 11.4 Å². The summed E-state index contributed by atoms with van der Waals surface area (Å²) in [7, 11) is 1.90. The minimum atomic E-state index is 0.593. The maximum Gasteiger partial charge on any atom is 0.136 e. The summed E-state index contributed by atoms with van der Waals surface area (Å²) in [4.78, 5) is 6.78. The Morgan fingerprint density at radius 3 is 2.88 bits per heavy atom. The zero-order valence-corrected chi connectivity index (χ0v) is 15.5. The van der Waals surface area contributed by atoms with Crippen LogP contribution < -0.4 is 11.1 Å². The molecule has 0 amide bonds. The number of nitrogens with zero attached hydrogens (tertiary/aromatic N) is 4. The Kier molecular flexibility index (Phi) is 6.23. The average molecular weight is 354 g/mol. The van der Waals surface area contributed by atoms with Crippen LogP contribution in [0.2, 0.25) is 0 Å². The smallest absolute Gasteiger partial charge is 0.136 e. The van der Waals surface area contributed by atoms with Crippen molar-refractivity contribution in [3.05, 3.63) is 41.0 Å². The average Bonchev–Trinajstić information content (AvgIpc) is 3.00. The minimum absolute atomic E-state index is 0.593. The van der Waals surface area contributed by atoms with Crippen molar-refractivity contribution in [2.45, 2.75) is 13.5 Å². The third-order valence-electron chi connectivity index (χ3n) is 4.32. The van der Waals surface area contributed by atoms with Crippen molar-refractivity contribution in [1.29, 1.82) is 0 Å². The molecule has 7 heteroatoms. The monoisotopic (exact) mass is 354 g/mol. The zero-order valence-electron chi connectivity index (χ0n) is 15.5. The van der Waals surface area contributed by atoms with Crippen molar-refractivity contribution in [2.75, 3.05) is 45.1 Å². The predicted octanol–water partition coefficient (Wildman–Crippen LogP) is 0.527. The van der Waals surface area contributed by atoms with Gasteiger partial charge in [-0.1, -0.05) is 0 Å². The van der Waals surface area contributed by atoms with E-state index < -0.39 is 0 Å². The van der Waals surface area contributed by atoms with Gasteiger partial charge >= 0.3 is 0 Å². The van der Waals surface area contributed by atoms with Gasteiger partial charge in [0.2, 0.25) is 0 Å². The van der Waals surface area contributed by atoms with Crippen molar-refractivity contribution < 1.29 is 4.74 Å². The van der Waals surface area contributed by atoms with Gasteiger partial charge in [-0.2, -0.15) is 5.10 Å². The molecule has 2 aromatic rings. The summed E-state index contributed by atoms with van der Waals surface area (Å²) in [5, 5.41) is 7.95. The molecular weight excluding hydrogens is 328 g/mol. The third-order valence-corrected chi connectivity index (χ3v) is 4.32. The number of ether oxygens (including phenoxy) is 1. The van der Waals surface area contributed by atoms with Crippen molar-refractivity contribution in [2.24, 2.45) is 7.05 Å². The van der Waals surface area contributed by atoms with Crippen LogP contribution in [0.15, 0.2) is 18.2 Å². The number of pyridine rings is 1. The molecule has 1 aliphatic heterocycles. The standard InChI is InChI=1S/C19H26N6O/c1-15-3-5-18(20)19(22-15)6-4-17-13-16(23-24(17)2)14-21-7-8-25-9-11-26-12-10-25/h3,5,13,21H,7-12,14,20H2,1-2H3. The number of aryl methyl sites for hydroxylation is 2. The Hall–Kier alpha value is -2.40. The van der Waals surface area contributed by atoms with Crippen LogP contribution in [0, 0.1) is 18.8 Å². The van der Waals surface area contributed by atoms with E-state index in [1.807, 2.05) is 32.2 Å². The Morgan fingerprint density at radius 1 is 1.27 bits per heavy atom. The molecule has 0 atom stereocenters. The molecule has 26 heavy (non-hydrogen) atoms. The molecule has 1 fully saturated rings. The normalized spacial score (nSPS) is 14.8. The number of hydrogen-bond acceptors (Lipinski definition) is 6. The fourth-order valence-corrected chi connectivity index (χ4v) is 2.80. The van der Waals surface area contributed by atoms with Crippen LogP contribution in [0.3, 0.4) is 0 Å². The largest absolute Gasteiger partial charge is 0.396 e. The van der Waals surface area contributed by atoms with Gasteiger partial charge in [0.05, 0.1) is 24.6 Å². The summed E-state index contributed by atoms with van der Waals surface area (Å²) in [6, 6.07) is 5.71. The summed E-state index contributed by atoms with van der Waals surface area (Å²) in [5.74, 6) is 6.17. The summed E-state index contributed by atoms with van der Waals surface area (Å²) in [6.07, 6.45) is 0. The Balaban J connectivity index is 1.54. The van der Waals surface area contributed by atoms with E-state index in [4.69, 9.17) is 10.5 Å². The van der Waals surface area contributed by atoms with Crippen molar-refractivity contribution >= 4 is 5.69 Å². The van der Waals surface area contributed by atoms with E-state index in [0.29, 0.717) is 11.4 Å². The summed E-state index contributed by atoms with van der Waals surface area (Å²) >= 11 is 0. The molecule has 0 bridgehead atoms. The van der Waals surface area contributed by atoms with E-state index in [9.17, 15) is 0 Å². The van der Waals surface area contributed by atoms with Gasteiger partial charge in [-0.25, -0.2) is 4.98 Å². The molecule has 2 aromatic heterocycles. The highest BCUT2D eigenvalue weighted by Crippen LogP contribution is 2.08. The molecule has 3 rings (SSSR count). The van der Waals surface area contributed by atoms with Gasteiger partial charge in [0, 0.05) is 45.5 Å². The SMILES string of the molecule is Cc1ccc(N)c(C#Cc2cc(CNCCN3CCOCC3)nn2C)n1. The molecule has 0 spiro atoms. The van der Waals surface area contributed by atoms with Crippen LogP contribution in [-0.4, -0.2) is 59.1 Å². The maximum atomic E-state index is 5.93. The number of hydrogen-bond donors (Lipinski definition) is 2. The van der Waals surface area contributed by atoms with Crippen LogP contribution in [0.25, 0.3) is 0 Å².